The Morgan fingerprint density at radius 1 is 1.17 bits per heavy atom. The fraction of sp³-hybridized carbons (Fsp3) is 0.158. The van der Waals surface area contributed by atoms with Crippen molar-refractivity contribution in [3.8, 4) is 0 Å². The van der Waals surface area contributed by atoms with E-state index in [9.17, 15) is 9.18 Å². The van der Waals surface area contributed by atoms with E-state index in [1.165, 1.54) is 6.07 Å². The fourth-order valence-corrected chi connectivity index (χ4v) is 2.49. The maximum absolute atomic E-state index is 13.5. The third-order valence-electron chi connectivity index (χ3n) is 3.79. The lowest BCUT2D eigenvalue weighted by molar-refractivity contribution is -0.120. The molecule has 1 N–H and O–H groups in total. The normalized spacial score (nSPS) is 10.7. The van der Waals surface area contributed by atoms with Crippen molar-refractivity contribution in [3.63, 3.8) is 0 Å². The summed E-state index contributed by atoms with van der Waals surface area (Å²) in [6, 6.07) is 14.6. The summed E-state index contributed by atoms with van der Waals surface area (Å²) in [5, 5.41) is 3.84. The van der Waals surface area contributed by atoms with Gasteiger partial charge in [0.25, 0.3) is 0 Å². The fourth-order valence-electron chi connectivity index (χ4n) is 2.49. The molecule has 116 valence electrons. The molecule has 0 bridgehead atoms. The van der Waals surface area contributed by atoms with E-state index in [4.69, 9.17) is 0 Å². The molecule has 0 aliphatic rings. The predicted molar refractivity (Wildman–Crippen MR) is 88.4 cm³/mol. The van der Waals surface area contributed by atoms with Gasteiger partial charge in [-0.25, -0.2) is 4.39 Å². The highest BCUT2D eigenvalue weighted by molar-refractivity contribution is 5.87. The molecule has 0 unspecified atom stereocenters. The molecule has 0 saturated carbocycles. The van der Waals surface area contributed by atoms with Crippen molar-refractivity contribution in [2.75, 3.05) is 0 Å². The minimum Gasteiger partial charge on any atom is -0.352 e. The molecule has 1 heterocycles. The zero-order valence-corrected chi connectivity index (χ0v) is 12.8. The van der Waals surface area contributed by atoms with Gasteiger partial charge in [-0.2, -0.15) is 0 Å². The van der Waals surface area contributed by atoms with E-state index in [1.54, 1.807) is 19.2 Å². The van der Waals surface area contributed by atoms with Crippen LogP contribution in [0, 0.1) is 12.7 Å². The van der Waals surface area contributed by atoms with Crippen LogP contribution >= 0.6 is 0 Å². The molecule has 0 atom stereocenters. The number of pyridine rings is 1. The molecule has 0 aliphatic carbocycles. The number of amides is 1. The Kier molecular flexibility index (Phi) is 4.33. The average molecular weight is 308 g/mol. The Hall–Kier alpha value is -2.75. The van der Waals surface area contributed by atoms with Crippen LogP contribution in [0.1, 0.15) is 16.7 Å². The molecule has 0 aliphatic heterocycles. The molecule has 1 aromatic heterocycles. The van der Waals surface area contributed by atoms with Crippen LogP contribution in [0.5, 0.6) is 0 Å². The molecule has 23 heavy (non-hydrogen) atoms. The number of rotatable bonds is 4. The number of nitrogens with one attached hydrogen (secondary N) is 1. The number of carbonyl (C=O) groups is 1. The van der Waals surface area contributed by atoms with Crippen LogP contribution in [0.3, 0.4) is 0 Å². The number of aryl methyl sites for hydroxylation is 1. The van der Waals surface area contributed by atoms with E-state index in [0.29, 0.717) is 12.1 Å². The number of halogens is 1. The molecule has 3 aromatic rings. The monoisotopic (exact) mass is 308 g/mol. The molecule has 4 heteroatoms. The largest absolute Gasteiger partial charge is 0.352 e. The van der Waals surface area contributed by atoms with Crippen molar-refractivity contribution < 1.29 is 9.18 Å². The van der Waals surface area contributed by atoms with Crippen molar-refractivity contribution in [1.29, 1.82) is 0 Å². The lowest BCUT2D eigenvalue weighted by Gasteiger charge is -2.08. The van der Waals surface area contributed by atoms with Crippen LogP contribution in [0.4, 0.5) is 4.39 Å². The molecular formula is C19H17FN2O. The van der Waals surface area contributed by atoms with Crippen LogP contribution in [-0.2, 0) is 17.8 Å². The van der Waals surface area contributed by atoms with Crippen molar-refractivity contribution in [2.45, 2.75) is 19.9 Å². The third-order valence-corrected chi connectivity index (χ3v) is 3.79. The summed E-state index contributed by atoms with van der Waals surface area (Å²) in [5.41, 5.74) is 3.07. The number of hydrogen-bond acceptors (Lipinski definition) is 2. The number of para-hydroxylation sites is 1. The van der Waals surface area contributed by atoms with Crippen molar-refractivity contribution in [3.05, 3.63) is 77.2 Å². The molecule has 2 aromatic carbocycles. The van der Waals surface area contributed by atoms with Gasteiger partial charge >= 0.3 is 0 Å². The van der Waals surface area contributed by atoms with E-state index in [-0.39, 0.29) is 18.1 Å². The van der Waals surface area contributed by atoms with Gasteiger partial charge in [-0.3, -0.25) is 9.78 Å². The Bertz CT molecular complexity index is 856. The molecule has 0 saturated heterocycles. The first-order valence-corrected chi connectivity index (χ1v) is 7.48. The van der Waals surface area contributed by atoms with Crippen LogP contribution < -0.4 is 5.32 Å². The number of benzene rings is 2. The van der Waals surface area contributed by atoms with E-state index in [2.05, 4.69) is 10.3 Å². The lowest BCUT2D eigenvalue weighted by atomic mass is 10.1. The van der Waals surface area contributed by atoms with Crippen LogP contribution in [0.15, 0.2) is 54.7 Å². The summed E-state index contributed by atoms with van der Waals surface area (Å²) in [6.45, 7) is 2.03. The van der Waals surface area contributed by atoms with Gasteiger partial charge in [-0.05, 0) is 35.7 Å². The second-order valence-corrected chi connectivity index (χ2v) is 5.53. The van der Waals surface area contributed by atoms with Crippen LogP contribution in [-0.4, -0.2) is 10.9 Å². The molecule has 1 amide bonds. The summed E-state index contributed by atoms with van der Waals surface area (Å²) in [7, 11) is 0. The van der Waals surface area contributed by atoms with Gasteiger partial charge in [0.2, 0.25) is 5.91 Å². The summed E-state index contributed by atoms with van der Waals surface area (Å²) >= 11 is 0. The molecule has 0 fully saturated rings. The highest BCUT2D eigenvalue weighted by Gasteiger charge is 2.08. The molecular weight excluding hydrogens is 291 g/mol. The molecule has 3 nitrogen and oxygen atoms in total. The van der Waals surface area contributed by atoms with Gasteiger partial charge in [0.1, 0.15) is 5.82 Å². The lowest BCUT2D eigenvalue weighted by Crippen LogP contribution is -2.24. The zero-order valence-electron chi connectivity index (χ0n) is 12.8. The SMILES string of the molecule is Cc1ccc(CNC(=O)Cc2cccc3cccnc23)cc1F. The van der Waals surface area contributed by atoms with Gasteiger partial charge in [-0.15, -0.1) is 0 Å². The van der Waals surface area contributed by atoms with E-state index >= 15 is 0 Å². The standard InChI is InChI=1S/C19H17FN2O/c1-13-7-8-14(10-17(13)20)12-22-18(23)11-16-5-2-4-15-6-3-9-21-19(15)16/h2-10H,11-12H2,1H3,(H,22,23). The van der Waals surface area contributed by atoms with Gasteiger partial charge < -0.3 is 5.32 Å². The molecule has 3 rings (SSSR count). The minimum absolute atomic E-state index is 0.107. The first-order chi connectivity index (χ1) is 11.1. The van der Waals surface area contributed by atoms with Crippen molar-refractivity contribution >= 4 is 16.8 Å². The zero-order chi connectivity index (χ0) is 16.2. The third kappa shape index (κ3) is 3.54. The first kappa shape index (κ1) is 15.2. The highest BCUT2D eigenvalue weighted by atomic mass is 19.1. The minimum atomic E-state index is -0.255. The second-order valence-electron chi connectivity index (χ2n) is 5.53. The topological polar surface area (TPSA) is 42.0 Å². The van der Waals surface area contributed by atoms with E-state index < -0.39 is 0 Å². The maximum Gasteiger partial charge on any atom is 0.224 e. The van der Waals surface area contributed by atoms with Crippen molar-refractivity contribution in [2.24, 2.45) is 0 Å². The van der Waals surface area contributed by atoms with Gasteiger partial charge in [0, 0.05) is 18.1 Å². The summed E-state index contributed by atoms with van der Waals surface area (Å²) in [4.78, 5) is 16.5. The summed E-state index contributed by atoms with van der Waals surface area (Å²) < 4.78 is 13.5. The van der Waals surface area contributed by atoms with Gasteiger partial charge in [-0.1, -0.05) is 36.4 Å². The van der Waals surface area contributed by atoms with Crippen LogP contribution in [0.25, 0.3) is 10.9 Å². The number of aromatic nitrogens is 1. The Morgan fingerprint density at radius 2 is 2.00 bits per heavy atom. The quantitative estimate of drug-likeness (QED) is 0.801. The maximum atomic E-state index is 13.5. The number of hydrogen-bond donors (Lipinski definition) is 1. The Morgan fingerprint density at radius 3 is 2.83 bits per heavy atom. The number of nitrogens with zero attached hydrogens (tertiary/aromatic N) is 1. The van der Waals surface area contributed by atoms with E-state index in [1.807, 2.05) is 36.4 Å². The van der Waals surface area contributed by atoms with Gasteiger partial charge in [0.15, 0.2) is 0 Å². The molecule has 0 radical (unpaired) electrons. The number of fused-ring (bicyclic) bond motifs is 1. The predicted octanol–water partition coefficient (Wildman–Crippen LogP) is 3.54. The Labute approximate surface area is 134 Å². The number of carbonyl (C=O) groups excluding carboxylic acids is 1. The Balaban J connectivity index is 1.68. The van der Waals surface area contributed by atoms with Crippen LogP contribution in [0.2, 0.25) is 0 Å². The first-order valence-electron chi connectivity index (χ1n) is 7.48. The van der Waals surface area contributed by atoms with Crippen molar-refractivity contribution in [1.82, 2.24) is 10.3 Å². The highest BCUT2D eigenvalue weighted by Crippen LogP contribution is 2.16. The smallest absolute Gasteiger partial charge is 0.224 e. The van der Waals surface area contributed by atoms with E-state index in [0.717, 1.165) is 22.0 Å². The van der Waals surface area contributed by atoms with Gasteiger partial charge in [0.05, 0.1) is 11.9 Å². The molecule has 0 spiro atoms. The summed E-state index contributed by atoms with van der Waals surface area (Å²) in [6.07, 6.45) is 1.97. The average Bonchev–Trinajstić information content (AvgIpc) is 2.56. The second kappa shape index (κ2) is 6.57. The summed E-state index contributed by atoms with van der Waals surface area (Å²) in [5.74, 6) is -0.362.